The molecular weight excluding hydrogens is 346 g/mol. The minimum atomic E-state index is -0.410. The molecule has 4 heteroatoms. The van der Waals surface area contributed by atoms with Crippen molar-refractivity contribution in [2.75, 3.05) is 0 Å². The second-order valence-electron chi connectivity index (χ2n) is 5.98. The van der Waals surface area contributed by atoms with E-state index in [0.29, 0.717) is 16.3 Å². The Labute approximate surface area is 156 Å². The molecule has 3 aromatic carbocycles. The maximum Gasteiger partial charge on any atom is 0.253 e. The van der Waals surface area contributed by atoms with Crippen LogP contribution in [-0.4, -0.2) is 5.91 Å². The number of amides is 1. The summed E-state index contributed by atoms with van der Waals surface area (Å²) in [4.78, 5) is 12.8. The van der Waals surface area contributed by atoms with E-state index in [4.69, 9.17) is 16.0 Å². The summed E-state index contributed by atoms with van der Waals surface area (Å²) in [5.41, 5.74) is 2.16. The number of fused-ring (bicyclic) bond motifs is 1. The van der Waals surface area contributed by atoms with Gasteiger partial charge in [0.15, 0.2) is 0 Å². The van der Waals surface area contributed by atoms with Crippen LogP contribution in [0.3, 0.4) is 0 Å². The van der Waals surface area contributed by atoms with Crippen LogP contribution < -0.4 is 5.32 Å². The number of carbonyl (C=O) groups is 1. The Morgan fingerprint density at radius 1 is 0.885 bits per heavy atom. The van der Waals surface area contributed by atoms with E-state index >= 15 is 0 Å². The van der Waals surface area contributed by atoms with Crippen LogP contribution in [-0.2, 0) is 0 Å². The van der Waals surface area contributed by atoms with Gasteiger partial charge in [0.05, 0.1) is 10.6 Å². The number of para-hydroxylation sites is 1. The summed E-state index contributed by atoms with van der Waals surface area (Å²) >= 11 is 6.17. The normalized spacial score (nSPS) is 12.0. The molecule has 0 bridgehead atoms. The van der Waals surface area contributed by atoms with Gasteiger partial charge in [0.25, 0.3) is 5.91 Å². The average Bonchev–Trinajstić information content (AvgIpc) is 3.11. The van der Waals surface area contributed by atoms with Crippen molar-refractivity contribution in [2.24, 2.45) is 0 Å². The van der Waals surface area contributed by atoms with E-state index in [1.165, 1.54) is 0 Å². The fraction of sp³-hybridized carbons (Fsp3) is 0.0455. The van der Waals surface area contributed by atoms with E-state index in [-0.39, 0.29) is 5.91 Å². The molecule has 0 fully saturated rings. The number of benzene rings is 3. The highest BCUT2D eigenvalue weighted by molar-refractivity contribution is 6.33. The van der Waals surface area contributed by atoms with Gasteiger partial charge in [-0.05, 0) is 29.8 Å². The minimum absolute atomic E-state index is 0.245. The zero-order valence-corrected chi connectivity index (χ0v) is 14.6. The van der Waals surface area contributed by atoms with Crippen LogP contribution in [0.4, 0.5) is 0 Å². The summed E-state index contributed by atoms with van der Waals surface area (Å²) in [5, 5.41) is 4.46. The van der Waals surface area contributed by atoms with E-state index in [0.717, 1.165) is 16.5 Å². The molecule has 0 saturated carbocycles. The highest BCUT2D eigenvalue weighted by Crippen LogP contribution is 2.29. The van der Waals surface area contributed by atoms with E-state index < -0.39 is 6.04 Å². The first-order valence-corrected chi connectivity index (χ1v) is 8.69. The second kappa shape index (κ2) is 7.06. The predicted octanol–water partition coefficient (Wildman–Crippen LogP) is 5.61. The van der Waals surface area contributed by atoms with Crippen LogP contribution in [0, 0.1) is 0 Å². The first-order valence-electron chi connectivity index (χ1n) is 8.31. The summed E-state index contributed by atoms with van der Waals surface area (Å²) in [6.07, 6.45) is 0. The molecule has 26 heavy (non-hydrogen) atoms. The monoisotopic (exact) mass is 361 g/mol. The molecule has 0 aliphatic heterocycles. The van der Waals surface area contributed by atoms with Crippen LogP contribution in [0.1, 0.15) is 27.7 Å². The Kier molecular flexibility index (Phi) is 4.46. The van der Waals surface area contributed by atoms with Crippen LogP contribution in [0.25, 0.3) is 11.0 Å². The van der Waals surface area contributed by atoms with Crippen molar-refractivity contribution in [3.05, 3.63) is 107 Å². The number of rotatable bonds is 4. The van der Waals surface area contributed by atoms with Crippen molar-refractivity contribution in [3.8, 4) is 0 Å². The molecule has 1 unspecified atom stereocenters. The molecule has 0 aliphatic rings. The largest absolute Gasteiger partial charge is 0.459 e. The molecule has 0 saturated heterocycles. The molecule has 1 amide bonds. The van der Waals surface area contributed by atoms with Gasteiger partial charge in [0, 0.05) is 5.39 Å². The van der Waals surface area contributed by atoms with Gasteiger partial charge in [0.2, 0.25) is 0 Å². The van der Waals surface area contributed by atoms with Crippen LogP contribution in [0.15, 0.2) is 89.3 Å². The average molecular weight is 362 g/mol. The fourth-order valence-corrected chi connectivity index (χ4v) is 3.18. The van der Waals surface area contributed by atoms with Crippen LogP contribution in [0.5, 0.6) is 0 Å². The van der Waals surface area contributed by atoms with Crippen molar-refractivity contribution in [2.45, 2.75) is 6.04 Å². The second-order valence-corrected chi connectivity index (χ2v) is 6.39. The lowest BCUT2D eigenvalue weighted by Crippen LogP contribution is -2.29. The molecule has 1 atom stereocenters. The molecule has 4 rings (SSSR count). The van der Waals surface area contributed by atoms with Gasteiger partial charge in [-0.2, -0.15) is 0 Å². The van der Waals surface area contributed by atoms with Gasteiger partial charge in [-0.1, -0.05) is 72.3 Å². The van der Waals surface area contributed by atoms with Gasteiger partial charge in [0.1, 0.15) is 17.4 Å². The lowest BCUT2D eigenvalue weighted by molar-refractivity contribution is 0.0939. The van der Waals surface area contributed by atoms with Crippen molar-refractivity contribution in [1.29, 1.82) is 0 Å². The molecule has 0 radical (unpaired) electrons. The van der Waals surface area contributed by atoms with Crippen molar-refractivity contribution in [3.63, 3.8) is 0 Å². The standard InChI is InChI=1S/C22H16ClNO2/c23-18-12-6-5-11-17(18)22(25)24-21(15-8-2-1-3-9-15)20-14-16-10-4-7-13-19(16)26-20/h1-14,21H,(H,24,25). The topological polar surface area (TPSA) is 42.2 Å². The van der Waals surface area contributed by atoms with E-state index in [1.807, 2.05) is 60.7 Å². The van der Waals surface area contributed by atoms with Crippen molar-refractivity contribution < 1.29 is 9.21 Å². The number of carbonyl (C=O) groups excluding carboxylic acids is 1. The van der Waals surface area contributed by atoms with E-state index in [1.54, 1.807) is 24.3 Å². The lowest BCUT2D eigenvalue weighted by Gasteiger charge is -2.17. The van der Waals surface area contributed by atoms with E-state index in [9.17, 15) is 4.79 Å². The summed E-state index contributed by atoms with van der Waals surface area (Å²) in [6, 6.07) is 26.1. The Balaban J connectivity index is 1.74. The summed E-state index contributed by atoms with van der Waals surface area (Å²) in [6.45, 7) is 0. The molecule has 1 N–H and O–H groups in total. The fourth-order valence-electron chi connectivity index (χ4n) is 2.96. The predicted molar refractivity (Wildman–Crippen MR) is 103 cm³/mol. The smallest absolute Gasteiger partial charge is 0.253 e. The Morgan fingerprint density at radius 2 is 1.58 bits per heavy atom. The number of hydrogen-bond donors (Lipinski definition) is 1. The number of nitrogens with one attached hydrogen (secondary N) is 1. The number of furan rings is 1. The van der Waals surface area contributed by atoms with Crippen molar-refractivity contribution >= 4 is 28.5 Å². The van der Waals surface area contributed by atoms with Crippen LogP contribution in [0.2, 0.25) is 5.02 Å². The Hall–Kier alpha value is -3.04. The summed E-state index contributed by atoms with van der Waals surface area (Å²) in [7, 11) is 0. The molecule has 1 aromatic heterocycles. The minimum Gasteiger partial charge on any atom is -0.459 e. The summed E-state index contributed by atoms with van der Waals surface area (Å²) < 4.78 is 6.00. The SMILES string of the molecule is O=C(NC(c1ccccc1)c1cc2ccccc2o1)c1ccccc1Cl. The highest BCUT2D eigenvalue weighted by atomic mass is 35.5. The zero-order chi connectivity index (χ0) is 17.9. The first kappa shape index (κ1) is 16.4. The van der Waals surface area contributed by atoms with Crippen LogP contribution >= 0.6 is 11.6 Å². The molecule has 0 aliphatic carbocycles. The zero-order valence-electron chi connectivity index (χ0n) is 13.9. The number of hydrogen-bond acceptors (Lipinski definition) is 2. The summed E-state index contributed by atoms with van der Waals surface area (Å²) in [5.74, 6) is 0.433. The molecular formula is C22H16ClNO2. The van der Waals surface area contributed by atoms with Gasteiger partial charge in [-0.25, -0.2) is 0 Å². The van der Waals surface area contributed by atoms with Gasteiger partial charge >= 0.3 is 0 Å². The third-order valence-electron chi connectivity index (χ3n) is 4.26. The van der Waals surface area contributed by atoms with Gasteiger partial charge in [-0.3, -0.25) is 4.79 Å². The highest BCUT2D eigenvalue weighted by Gasteiger charge is 2.22. The van der Waals surface area contributed by atoms with Crippen molar-refractivity contribution in [1.82, 2.24) is 5.32 Å². The molecule has 128 valence electrons. The lowest BCUT2D eigenvalue weighted by atomic mass is 10.0. The molecule has 4 aromatic rings. The van der Waals surface area contributed by atoms with Gasteiger partial charge < -0.3 is 9.73 Å². The maximum atomic E-state index is 12.8. The molecule has 1 heterocycles. The van der Waals surface area contributed by atoms with E-state index in [2.05, 4.69) is 5.32 Å². The Bertz CT molecular complexity index is 1020. The third kappa shape index (κ3) is 3.22. The third-order valence-corrected chi connectivity index (χ3v) is 4.59. The quantitative estimate of drug-likeness (QED) is 0.513. The number of halogens is 1. The maximum absolute atomic E-state index is 12.8. The van der Waals surface area contributed by atoms with Gasteiger partial charge in [-0.15, -0.1) is 0 Å². The first-order chi connectivity index (χ1) is 12.7. The Morgan fingerprint density at radius 3 is 2.35 bits per heavy atom. The molecule has 0 spiro atoms. The molecule has 3 nitrogen and oxygen atoms in total.